The van der Waals surface area contributed by atoms with E-state index in [1.807, 2.05) is 31.2 Å². The maximum absolute atomic E-state index is 14.4. The third-order valence-corrected chi connectivity index (χ3v) is 3.92. The second kappa shape index (κ2) is 6.91. The lowest BCUT2D eigenvalue weighted by molar-refractivity contribution is 0.505. The molecule has 3 rings (SSSR count). The van der Waals surface area contributed by atoms with Crippen molar-refractivity contribution in [2.75, 3.05) is 0 Å². The van der Waals surface area contributed by atoms with Crippen molar-refractivity contribution >= 4 is 0 Å². The number of rotatable bonds is 2. The average Bonchev–Trinajstić information content (AvgIpc) is 2.54. The van der Waals surface area contributed by atoms with Crippen LogP contribution in [0.4, 0.5) is 13.2 Å². The average molecular weight is 328 g/mol. The molecule has 24 heavy (non-hydrogen) atoms. The van der Waals surface area contributed by atoms with Crippen LogP contribution in [0.2, 0.25) is 0 Å². The van der Waals surface area contributed by atoms with E-state index in [0.717, 1.165) is 11.1 Å². The molecule has 3 aromatic carbocycles. The first kappa shape index (κ1) is 17.8. The normalized spacial score (nSPS) is 10.4. The van der Waals surface area contributed by atoms with Crippen molar-refractivity contribution in [3.63, 3.8) is 0 Å². The van der Waals surface area contributed by atoms with Gasteiger partial charge in [-0.1, -0.05) is 61.5 Å². The molecule has 0 bridgehead atoms. The number of halogens is 3. The Kier molecular flexibility index (Phi) is 5.13. The Labute approximate surface area is 140 Å². The van der Waals surface area contributed by atoms with E-state index < -0.39 is 17.5 Å². The monoisotopic (exact) mass is 328 g/mol. The predicted octanol–water partition coefficient (Wildman–Crippen LogP) is 6.69. The van der Waals surface area contributed by atoms with Crippen LogP contribution in [0.1, 0.15) is 18.6 Å². The number of aryl methyl sites for hydroxylation is 2. The van der Waals surface area contributed by atoms with E-state index in [9.17, 15) is 13.2 Å². The van der Waals surface area contributed by atoms with Crippen molar-refractivity contribution in [2.45, 2.75) is 21.3 Å². The number of hydrogen-bond donors (Lipinski definition) is 0. The van der Waals surface area contributed by atoms with Crippen LogP contribution >= 0.6 is 0 Å². The largest absolute Gasteiger partial charge is 0.206 e. The Morgan fingerprint density at radius 1 is 0.625 bits per heavy atom. The van der Waals surface area contributed by atoms with Crippen molar-refractivity contribution < 1.29 is 13.2 Å². The summed E-state index contributed by atoms with van der Waals surface area (Å²) in [5, 5.41) is 0. The Balaban J connectivity index is 0.00000208. The summed E-state index contributed by atoms with van der Waals surface area (Å²) in [7, 11) is 0. The van der Waals surface area contributed by atoms with Crippen LogP contribution < -0.4 is 0 Å². The van der Waals surface area contributed by atoms with Gasteiger partial charge in [0.15, 0.2) is 11.6 Å². The summed E-state index contributed by atoms with van der Waals surface area (Å²) >= 11 is 0. The van der Waals surface area contributed by atoms with Gasteiger partial charge in [0.25, 0.3) is 0 Å². The minimum Gasteiger partial charge on any atom is -0.206 e. The van der Waals surface area contributed by atoms with Crippen molar-refractivity contribution in [3.8, 4) is 22.3 Å². The summed E-state index contributed by atoms with van der Waals surface area (Å²) in [6, 6.07) is 14.8. The minimum atomic E-state index is -0.951. The topological polar surface area (TPSA) is 0 Å². The first-order valence-corrected chi connectivity index (χ1v) is 7.29. The third kappa shape index (κ3) is 3.21. The van der Waals surface area contributed by atoms with E-state index in [1.54, 1.807) is 12.1 Å². The molecule has 0 saturated heterocycles. The molecule has 0 aromatic heterocycles. The smallest absolute Gasteiger partial charge is 0.166 e. The SMILES string of the molecule is C.Cc1ccc(-c2ccc(-c3ccc(C)c(F)c3F)cc2F)cc1. The Hall–Kier alpha value is -2.55. The van der Waals surface area contributed by atoms with Crippen LogP contribution in [0.3, 0.4) is 0 Å². The second-order valence-electron chi connectivity index (χ2n) is 5.62. The van der Waals surface area contributed by atoms with E-state index in [-0.39, 0.29) is 18.6 Å². The summed E-state index contributed by atoms with van der Waals surface area (Å²) in [6.45, 7) is 3.45. The molecule has 0 spiro atoms. The van der Waals surface area contributed by atoms with Crippen molar-refractivity contribution in [1.82, 2.24) is 0 Å². The highest BCUT2D eigenvalue weighted by molar-refractivity contribution is 5.71. The summed E-state index contributed by atoms with van der Waals surface area (Å²) in [5.41, 5.74) is 2.86. The first-order chi connectivity index (χ1) is 11.0. The summed E-state index contributed by atoms with van der Waals surface area (Å²) in [4.78, 5) is 0. The zero-order valence-corrected chi connectivity index (χ0v) is 12.8. The fourth-order valence-corrected chi connectivity index (χ4v) is 2.52. The van der Waals surface area contributed by atoms with E-state index in [2.05, 4.69) is 0 Å². The minimum absolute atomic E-state index is 0. The molecule has 3 heteroatoms. The van der Waals surface area contributed by atoms with Crippen LogP contribution in [-0.4, -0.2) is 0 Å². The fourth-order valence-electron chi connectivity index (χ4n) is 2.52. The summed E-state index contributed by atoms with van der Waals surface area (Å²) in [6.07, 6.45) is 0. The molecule has 3 aromatic rings. The number of hydrogen-bond acceptors (Lipinski definition) is 0. The van der Waals surface area contributed by atoms with Crippen molar-refractivity contribution in [3.05, 3.63) is 83.2 Å². The highest BCUT2D eigenvalue weighted by Gasteiger charge is 2.14. The van der Waals surface area contributed by atoms with Gasteiger partial charge in [-0.2, -0.15) is 0 Å². The van der Waals surface area contributed by atoms with E-state index in [1.165, 1.54) is 25.1 Å². The van der Waals surface area contributed by atoms with Crippen LogP contribution in [-0.2, 0) is 0 Å². The summed E-state index contributed by atoms with van der Waals surface area (Å²) in [5.74, 6) is -2.32. The van der Waals surface area contributed by atoms with Gasteiger partial charge in [0.2, 0.25) is 0 Å². The second-order valence-corrected chi connectivity index (χ2v) is 5.62. The van der Waals surface area contributed by atoms with Gasteiger partial charge in [-0.3, -0.25) is 0 Å². The lowest BCUT2D eigenvalue weighted by atomic mass is 9.98. The van der Waals surface area contributed by atoms with Crippen LogP contribution in [0.15, 0.2) is 54.6 Å². The van der Waals surface area contributed by atoms with E-state index in [4.69, 9.17) is 0 Å². The molecule has 0 fully saturated rings. The zero-order chi connectivity index (χ0) is 16.6. The van der Waals surface area contributed by atoms with E-state index in [0.29, 0.717) is 11.1 Å². The highest BCUT2D eigenvalue weighted by atomic mass is 19.2. The molecular weight excluding hydrogens is 309 g/mol. The molecular formula is C21H19F3. The molecule has 0 atom stereocenters. The lowest BCUT2D eigenvalue weighted by Crippen LogP contribution is -1.94. The van der Waals surface area contributed by atoms with E-state index >= 15 is 0 Å². The number of benzene rings is 3. The maximum Gasteiger partial charge on any atom is 0.166 e. The molecule has 0 heterocycles. The quantitative estimate of drug-likeness (QED) is 0.491. The van der Waals surface area contributed by atoms with Crippen molar-refractivity contribution in [1.29, 1.82) is 0 Å². The Morgan fingerprint density at radius 3 is 1.83 bits per heavy atom. The van der Waals surface area contributed by atoms with Gasteiger partial charge in [-0.05, 0) is 36.6 Å². The molecule has 0 saturated carbocycles. The zero-order valence-electron chi connectivity index (χ0n) is 12.8. The van der Waals surface area contributed by atoms with Gasteiger partial charge in [0.05, 0.1) is 0 Å². The Morgan fingerprint density at radius 2 is 1.21 bits per heavy atom. The van der Waals surface area contributed by atoms with Gasteiger partial charge >= 0.3 is 0 Å². The van der Waals surface area contributed by atoms with Gasteiger partial charge < -0.3 is 0 Å². The summed E-state index contributed by atoms with van der Waals surface area (Å²) < 4.78 is 42.2. The highest BCUT2D eigenvalue weighted by Crippen LogP contribution is 2.30. The van der Waals surface area contributed by atoms with Crippen LogP contribution in [0, 0.1) is 31.3 Å². The molecule has 0 radical (unpaired) electrons. The predicted molar refractivity (Wildman–Crippen MR) is 93.4 cm³/mol. The first-order valence-electron chi connectivity index (χ1n) is 7.29. The van der Waals surface area contributed by atoms with Gasteiger partial charge in [0.1, 0.15) is 5.82 Å². The van der Waals surface area contributed by atoms with Gasteiger partial charge in [-0.25, -0.2) is 13.2 Å². The van der Waals surface area contributed by atoms with Crippen molar-refractivity contribution in [2.24, 2.45) is 0 Å². The standard InChI is InChI=1S/C20H15F3.CH4/c1-12-3-6-14(7-4-12)16-10-8-15(11-18(16)21)17-9-5-13(2)19(22)20(17)23;/h3-11H,1-2H3;1H4. The third-order valence-electron chi connectivity index (χ3n) is 3.92. The molecule has 0 aliphatic carbocycles. The molecule has 124 valence electrons. The van der Waals surface area contributed by atoms with Gasteiger partial charge in [0, 0.05) is 11.1 Å². The molecule has 0 nitrogen and oxygen atoms in total. The molecule has 0 aliphatic rings. The maximum atomic E-state index is 14.4. The molecule has 0 aliphatic heterocycles. The van der Waals surface area contributed by atoms with Crippen LogP contribution in [0.5, 0.6) is 0 Å². The fraction of sp³-hybridized carbons (Fsp3) is 0.143. The molecule has 0 unspecified atom stereocenters. The molecule has 0 amide bonds. The molecule has 0 N–H and O–H groups in total. The van der Waals surface area contributed by atoms with Gasteiger partial charge in [-0.15, -0.1) is 0 Å². The Bertz CT molecular complexity index is 865. The van der Waals surface area contributed by atoms with Crippen LogP contribution in [0.25, 0.3) is 22.3 Å². The lowest BCUT2D eigenvalue weighted by Gasteiger charge is -2.09.